The van der Waals surface area contributed by atoms with E-state index in [0.29, 0.717) is 19.6 Å². The second-order valence-corrected chi connectivity index (χ2v) is 5.85. The van der Waals surface area contributed by atoms with E-state index in [1.54, 1.807) is 6.92 Å². The van der Waals surface area contributed by atoms with E-state index in [9.17, 15) is 14.4 Å². The minimum atomic E-state index is -0.278. The normalized spacial score (nSPS) is 10.3. The molecule has 0 bridgehead atoms. The molecule has 6 nitrogen and oxygen atoms in total. The van der Waals surface area contributed by atoms with E-state index in [2.05, 4.69) is 10.6 Å². The van der Waals surface area contributed by atoms with Crippen LogP contribution < -0.4 is 10.6 Å². The summed E-state index contributed by atoms with van der Waals surface area (Å²) in [5.74, 6) is -0.756. The molecule has 2 amide bonds. The van der Waals surface area contributed by atoms with Crippen LogP contribution in [0.4, 0.5) is 0 Å². The lowest BCUT2D eigenvalue weighted by atomic mass is 10.0. The Morgan fingerprint density at radius 1 is 0.962 bits per heavy atom. The number of carbonyl (C=O) groups is 3. The van der Waals surface area contributed by atoms with Gasteiger partial charge in [-0.05, 0) is 29.7 Å². The standard InChI is InChI=1S/C20H24N2O4/c1-2-26-20(25)11-6-12-21-19(24)14-22-18(23)13-16-9-5-8-15-7-3-4-10-17(15)16/h3-5,7-10H,2,6,11-14H2,1H3,(H,21,24)(H,22,23). The summed E-state index contributed by atoms with van der Waals surface area (Å²) >= 11 is 0. The number of ether oxygens (including phenoxy) is 1. The van der Waals surface area contributed by atoms with Gasteiger partial charge in [0, 0.05) is 13.0 Å². The Labute approximate surface area is 152 Å². The molecule has 26 heavy (non-hydrogen) atoms. The summed E-state index contributed by atoms with van der Waals surface area (Å²) in [6, 6.07) is 13.7. The molecule has 2 N–H and O–H groups in total. The molecule has 138 valence electrons. The molecule has 0 aliphatic carbocycles. The first-order valence-electron chi connectivity index (χ1n) is 8.75. The highest BCUT2D eigenvalue weighted by molar-refractivity contribution is 5.91. The molecule has 0 radical (unpaired) electrons. The van der Waals surface area contributed by atoms with Crippen LogP contribution in [0.1, 0.15) is 25.3 Å². The third-order valence-electron chi connectivity index (χ3n) is 3.86. The molecule has 2 aromatic rings. The fourth-order valence-corrected chi connectivity index (χ4v) is 2.62. The Morgan fingerprint density at radius 3 is 2.54 bits per heavy atom. The lowest BCUT2D eigenvalue weighted by Gasteiger charge is -2.08. The SMILES string of the molecule is CCOC(=O)CCCNC(=O)CNC(=O)Cc1cccc2ccccc12. The zero-order valence-corrected chi connectivity index (χ0v) is 14.9. The summed E-state index contributed by atoms with van der Waals surface area (Å²) in [7, 11) is 0. The van der Waals surface area contributed by atoms with Crippen LogP contribution >= 0.6 is 0 Å². The Morgan fingerprint density at radius 2 is 1.73 bits per heavy atom. The third kappa shape index (κ3) is 6.20. The van der Waals surface area contributed by atoms with Gasteiger partial charge in [-0.25, -0.2) is 0 Å². The molecule has 2 rings (SSSR count). The predicted octanol–water partition coefficient (Wildman–Crippen LogP) is 1.96. The van der Waals surface area contributed by atoms with Gasteiger partial charge in [0.05, 0.1) is 19.6 Å². The second kappa shape index (κ2) is 10.2. The van der Waals surface area contributed by atoms with Crippen molar-refractivity contribution in [3.63, 3.8) is 0 Å². The second-order valence-electron chi connectivity index (χ2n) is 5.85. The monoisotopic (exact) mass is 356 g/mol. The number of hydrogen-bond acceptors (Lipinski definition) is 4. The lowest BCUT2D eigenvalue weighted by Crippen LogP contribution is -2.38. The van der Waals surface area contributed by atoms with Crippen molar-refractivity contribution in [3.8, 4) is 0 Å². The number of esters is 1. The highest BCUT2D eigenvalue weighted by Gasteiger charge is 2.09. The maximum absolute atomic E-state index is 12.1. The number of carbonyl (C=O) groups excluding carboxylic acids is 3. The molecular formula is C20H24N2O4. The maximum atomic E-state index is 12.1. The summed E-state index contributed by atoms with van der Waals surface area (Å²) in [5, 5.41) is 7.41. The molecular weight excluding hydrogens is 332 g/mol. The van der Waals surface area contributed by atoms with Crippen molar-refractivity contribution in [2.75, 3.05) is 19.7 Å². The number of hydrogen-bond donors (Lipinski definition) is 2. The molecule has 0 heterocycles. The van der Waals surface area contributed by atoms with Gasteiger partial charge in [-0.2, -0.15) is 0 Å². The first kappa shape index (κ1) is 19.4. The van der Waals surface area contributed by atoms with Crippen LogP contribution in [-0.4, -0.2) is 37.5 Å². The summed E-state index contributed by atoms with van der Waals surface area (Å²) < 4.78 is 4.81. The topological polar surface area (TPSA) is 84.5 Å². The van der Waals surface area contributed by atoms with Gasteiger partial charge in [-0.15, -0.1) is 0 Å². The quantitative estimate of drug-likeness (QED) is 0.531. The number of benzene rings is 2. The molecule has 6 heteroatoms. The predicted molar refractivity (Wildman–Crippen MR) is 99.5 cm³/mol. The average Bonchev–Trinajstić information content (AvgIpc) is 2.64. The maximum Gasteiger partial charge on any atom is 0.305 e. The number of nitrogens with one attached hydrogen (secondary N) is 2. The Hall–Kier alpha value is -2.89. The molecule has 0 unspecified atom stereocenters. The summed E-state index contributed by atoms with van der Waals surface area (Å²) in [4.78, 5) is 35.0. The fraction of sp³-hybridized carbons (Fsp3) is 0.350. The Balaban J connectivity index is 1.71. The summed E-state index contributed by atoms with van der Waals surface area (Å²) in [6.07, 6.45) is 0.994. The van der Waals surface area contributed by atoms with E-state index in [-0.39, 0.29) is 37.2 Å². The van der Waals surface area contributed by atoms with Crippen molar-refractivity contribution in [2.24, 2.45) is 0 Å². The smallest absolute Gasteiger partial charge is 0.305 e. The van der Waals surface area contributed by atoms with Gasteiger partial charge < -0.3 is 15.4 Å². The lowest BCUT2D eigenvalue weighted by molar-refractivity contribution is -0.143. The van der Waals surface area contributed by atoms with Crippen molar-refractivity contribution in [1.29, 1.82) is 0 Å². The van der Waals surface area contributed by atoms with Crippen molar-refractivity contribution < 1.29 is 19.1 Å². The first-order valence-corrected chi connectivity index (χ1v) is 8.75. The van der Waals surface area contributed by atoms with Crippen LogP contribution in [-0.2, 0) is 25.5 Å². The molecule has 0 saturated carbocycles. The van der Waals surface area contributed by atoms with Crippen LogP contribution in [0, 0.1) is 0 Å². The van der Waals surface area contributed by atoms with Gasteiger partial charge in [-0.1, -0.05) is 42.5 Å². The van der Waals surface area contributed by atoms with Gasteiger partial charge in [-0.3, -0.25) is 14.4 Å². The molecule has 0 saturated heterocycles. The van der Waals surface area contributed by atoms with Crippen molar-refractivity contribution in [1.82, 2.24) is 10.6 Å². The van der Waals surface area contributed by atoms with Crippen LogP contribution in [0.25, 0.3) is 10.8 Å². The molecule has 0 aliphatic heterocycles. The van der Waals surface area contributed by atoms with E-state index in [0.717, 1.165) is 16.3 Å². The summed E-state index contributed by atoms with van der Waals surface area (Å²) in [6.45, 7) is 2.40. The van der Waals surface area contributed by atoms with E-state index in [4.69, 9.17) is 4.74 Å². The minimum Gasteiger partial charge on any atom is -0.466 e. The van der Waals surface area contributed by atoms with Crippen LogP contribution in [0.5, 0.6) is 0 Å². The van der Waals surface area contributed by atoms with E-state index >= 15 is 0 Å². The summed E-state index contributed by atoms with van der Waals surface area (Å²) in [5.41, 5.74) is 0.926. The van der Waals surface area contributed by atoms with Crippen LogP contribution in [0.2, 0.25) is 0 Å². The average molecular weight is 356 g/mol. The molecule has 0 atom stereocenters. The number of amides is 2. The molecule has 0 aromatic heterocycles. The van der Waals surface area contributed by atoms with E-state index < -0.39 is 0 Å². The van der Waals surface area contributed by atoms with Crippen molar-refractivity contribution >= 4 is 28.6 Å². The first-order chi connectivity index (χ1) is 12.6. The molecule has 0 aliphatic rings. The van der Waals surface area contributed by atoms with E-state index in [1.165, 1.54) is 0 Å². The van der Waals surface area contributed by atoms with Crippen molar-refractivity contribution in [3.05, 3.63) is 48.0 Å². The van der Waals surface area contributed by atoms with E-state index in [1.807, 2.05) is 42.5 Å². The fourth-order valence-electron chi connectivity index (χ4n) is 2.62. The van der Waals surface area contributed by atoms with Crippen LogP contribution in [0.15, 0.2) is 42.5 Å². The van der Waals surface area contributed by atoms with Gasteiger partial charge >= 0.3 is 5.97 Å². The Bertz CT molecular complexity index is 768. The molecule has 2 aromatic carbocycles. The van der Waals surface area contributed by atoms with Gasteiger partial charge in [0.15, 0.2) is 0 Å². The van der Waals surface area contributed by atoms with Gasteiger partial charge in [0.2, 0.25) is 11.8 Å². The van der Waals surface area contributed by atoms with Crippen molar-refractivity contribution in [2.45, 2.75) is 26.2 Å². The minimum absolute atomic E-state index is 0.0804. The zero-order chi connectivity index (χ0) is 18.8. The third-order valence-corrected chi connectivity index (χ3v) is 3.86. The van der Waals surface area contributed by atoms with Gasteiger partial charge in [0.1, 0.15) is 0 Å². The van der Waals surface area contributed by atoms with Gasteiger partial charge in [0.25, 0.3) is 0 Å². The number of rotatable bonds is 9. The molecule has 0 spiro atoms. The highest BCUT2D eigenvalue weighted by atomic mass is 16.5. The largest absolute Gasteiger partial charge is 0.466 e. The molecule has 0 fully saturated rings. The Kier molecular flexibility index (Phi) is 7.61. The van der Waals surface area contributed by atoms with Crippen LogP contribution in [0.3, 0.4) is 0 Å². The highest BCUT2D eigenvalue weighted by Crippen LogP contribution is 2.18. The zero-order valence-electron chi connectivity index (χ0n) is 14.9. The number of fused-ring (bicyclic) bond motifs is 1.